The Morgan fingerprint density at radius 2 is 1.18 bits per heavy atom. The van der Waals surface area contributed by atoms with Crippen LogP contribution in [0.25, 0.3) is 0 Å². The summed E-state index contributed by atoms with van der Waals surface area (Å²) in [5.74, 6) is 0. The summed E-state index contributed by atoms with van der Waals surface area (Å²) in [4.78, 5) is 0. The Morgan fingerprint density at radius 3 is 1.36 bits per heavy atom. The van der Waals surface area contributed by atoms with Gasteiger partial charge in [-0.05, 0) is 12.5 Å². The standard InChI is InChI=1S/C4H6F4OS2/c1-10-3(5,6)9-4(7,8)11-2/h1-2H3. The van der Waals surface area contributed by atoms with Gasteiger partial charge in [-0.15, -0.1) is 0 Å². The summed E-state index contributed by atoms with van der Waals surface area (Å²) < 4.78 is 51.5. The van der Waals surface area contributed by atoms with Gasteiger partial charge in [0, 0.05) is 0 Å². The van der Waals surface area contributed by atoms with E-state index in [0.717, 1.165) is 12.5 Å². The van der Waals surface area contributed by atoms with Crippen molar-refractivity contribution in [1.29, 1.82) is 0 Å². The van der Waals surface area contributed by atoms with Gasteiger partial charge in [0.1, 0.15) is 0 Å². The third-order valence-corrected chi connectivity index (χ3v) is 1.83. The van der Waals surface area contributed by atoms with Crippen LogP contribution in [0.4, 0.5) is 17.6 Å². The highest BCUT2D eigenvalue weighted by atomic mass is 32.2. The van der Waals surface area contributed by atoms with Crippen molar-refractivity contribution in [2.24, 2.45) is 0 Å². The summed E-state index contributed by atoms with van der Waals surface area (Å²) in [5, 5.41) is 0. The topological polar surface area (TPSA) is 9.23 Å². The first-order chi connectivity index (χ1) is 4.83. The molecule has 0 aliphatic heterocycles. The van der Waals surface area contributed by atoms with E-state index in [1.54, 1.807) is 0 Å². The Labute approximate surface area is 69.9 Å². The minimum Gasteiger partial charge on any atom is -0.237 e. The van der Waals surface area contributed by atoms with Crippen LogP contribution in [0.15, 0.2) is 0 Å². The minimum atomic E-state index is -3.83. The molecular weight excluding hydrogens is 204 g/mol. The zero-order chi connectivity index (χ0) is 9.12. The highest BCUT2D eigenvalue weighted by molar-refractivity contribution is 8.00. The maximum Gasteiger partial charge on any atom is 0.412 e. The van der Waals surface area contributed by atoms with Crippen molar-refractivity contribution in [2.75, 3.05) is 12.5 Å². The highest BCUT2D eigenvalue weighted by Crippen LogP contribution is 2.38. The van der Waals surface area contributed by atoms with Crippen molar-refractivity contribution in [3.8, 4) is 0 Å². The molecular formula is C4H6F4OS2. The maximum absolute atomic E-state index is 12.1. The van der Waals surface area contributed by atoms with Crippen molar-refractivity contribution in [1.82, 2.24) is 0 Å². The first-order valence-electron chi connectivity index (χ1n) is 2.39. The van der Waals surface area contributed by atoms with E-state index in [0.29, 0.717) is 0 Å². The fraction of sp³-hybridized carbons (Fsp3) is 1.00. The molecule has 1 nitrogen and oxygen atoms in total. The van der Waals surface area contributed by atoms with Gasteiger partial charge in [0.15, 0.2) is 0 Å². The second kappa shape index (κ2) is 3.86. The van der Waals surface area contributed by atoms with Gasteiger partial charge in [0.05, 0.1) is 0 Å². The molecule has 0 atom stereocenters. The van der Waals surface area contributed by atoms with Crippen LogP contribution in [0.5, 0.6) is 0 Å². The summed E-state index contributed by atoms with van der Waals surface area (Å²) in [5.41, 5.74) is -7.65. The third kappa shape index (κ3) is 4.76. The van der Waals surface area contributed by atoms with E-state index in [-0.39, 0.29) is 23.5 Å². The molecule has 68 valence electrons. The SMILES string of the molecule is CSC(F)(F)OC(F)(F)SC. The van der Waals surface area contributed by atoms with E-state index in [9.17, 15) is 17.6 Å². The molecule has 0 aliphatic carbocycles. The molecule has 0 aliphatic rings. The van der Waals surface area contributed by atoms with Crippen LogP contribution in [-0.4, -0.2) is 23.4 Å². The molecule has 0 fully saturated rings. The monoisotopic (exact) mass is 210 g/mol. The number of hydrogen-bond donors (Lipinski definition) is 0. The van der Waals surface area contributed by atoms with Crippen LogP contribution in [-0.2, 0) is 4.74 Å². The predicted octanol–water partition coefficient (Wildman–Crippen LogP) is 2.83. The molecule has 0 heterocycles. The van der Waals surface area contributed by atoms with Crippen molar-refractivity contribution in [3.05, 3.63) is 0 Å². The van der Waals surface area contributed by atoms with Crippen LogP contribution in [0, 0.1) is 0 Å². The lowest BCUT2D eigenvalue weighted by Gasteiger charge is -2.19. The third-order valence-electron chi connectivity index (χ3n) is 0.713. The number of ether oxygens (including phenoxy) is 1. The van der Waals surface area contributed by atoms with Crippen LogP contribution >= 0.6 is 23.5 Å². The van der Waals surface area contributed by atoms with Gasteiger partial charge >= 0.3 is 10.9 Å². The highest BCUT2D eigenvalue weighted by Gasteiger charge is 2.43. The predicted molar refractivity (Wildman–Crippen MR) is 38.0 cm³/mol. The number of halogens is 4. The number of hydrogen-bond acceptors (Lipinski definition) is 3. The van der Waals surface area contributed by atoms with Gasteiger partial charge < -0.3 is 0 Å². The first kappa shape index (κ1) is 11.4. The molecule has 0 spiro atoms. The van der Waals surface area contributed by atoms with Crippen molar-refractivity contribution in [3.63, 3.8) is 0 Å². The molecule has 0 bridgehead atoms. The number of thioether (sulfide) groups is 2. The molecule has 0 amide bonds. The minimum absolute atomic E-state index is 0.0796. The second-order valence-corrected chi connectivity index (χ2v) is 3.20. The lowest BCUT2D eigenvalue weighted by Crippen LogP contribution is -2.27. The Kier molecular flexibility index (Phi) is 3.99. The van der Waals surface area contributed by atoms with Gasteiger partial charge in [0.2, 0.25) is 0 Å². The molecule has 0 aromatic rings. The normalized spacial score (nSPS) is 13.6. The number of alkyl halides is 4. The quantitative estimate of drug-likeness (QED) is 0.521. The van der Waals surface area contributed by atoms with Crippen LogP contribution in [0.1, 0.15) is 0 Å². The van der Waals surface area contributed by atoms with Crippen LogP contribution < -0.4 is 0 Å². The zero-order valence-corrected chi connectivity index (χ0v) is 7.37. The van der Waals surface area contributed by atoms with Crippen molar-refractivity contribution in [2.45, 2.75) is 10.9 Å². The van der Waals surface area contributed by atoms with Crippen molar-refractivity contribution < 1.29 is 22.3 Å². The second-order valence-electron chi connectivity index (χ2n) is 1.44. The summed E-state index contributed by atoms with van der Waals surface area (Å²) in [7, 11) is 0. The molecule has 0 saturated heterocycles. The van der Waals surface area contributed by atoms with Gasteiger partial charge in [-0.2, -0.15) is 17.6 Å². The lowest BCUT2D eigenvalue weighted by molar-refractivity contribution is -0.287. The molecule has 0 aromatic heterocycles. The maximum atomic E-state index is 12.1. The van der Waals surface area contributed by atoms with Crippen LogP contribution in [0.2, 0.25) is 0 Å². The lowest BCUT2D eigenvalue weighted by atomic mass is 11.3. The average molecular weight is 210 g/mol. The Balaban J connectivity index is 4.02. The summed E-state index contributed by atoms with van der Waals surface area (Å²) >= 11 is -0.159. The molecule has 0 rings (SSSR count). The summed E-state index contributed by atoms with van der Waals surface area (Å²) in [6.45, 7) is 0. The van der Waals surface area contributed by atoms with E-state index in [4.69, 9.17) is 0 Å². The number of rotatable bonds is 4. The van der Waals surface area contributed by atoms with E-state index < -0.39 is 10.9 Å². The Hall–Kier alpha value is 0.380. The van der Waals surface area contributed by atoms with Gasteiger partial charge in [-0.25, -0.2) is 4.74 Å². The molecule has 0 radical (unpaired) electrons. The Bertz CT molecular complexity index is 115. The zero-order valence-electron chi connectivity index (χ0n) is 5.74. The average Bonchev–Trinajstić information content (AvgIpc) is 1.86. The van der Waals surface area contributed by atoms with Gasteiger partial charge in [0.25, 0.3) is 0 Å². The van der Waals surface area contributed by atoms with E-state index in [1.807, 2.05) is 0 Å². The molecule has 0 saturated carbocycles. The molecule has 0 N–H and O–H groups in total. The van der Waals surface area contributed by atoms with Crippen LogP contribution in [0.3, 0.4) is 0 Å². The Morgan fingerprint density at radius 1 is 0.909 bits per heavy atom. The van der Waals surface area contributed by atoms with E-state index in [2.05, 4.69) is 4.74 Å². The van der Waals surface area contributed by atoms with Gasteiger partial charge in [-0.1, -0.05) is 23.5 Å². The largest absolute Gasteiger partial charge is 0.412 e. The fourth-order valence-electron chi connectivity index (χ4n) is 0.222. The molecule has 0 unspecified atom stereocenters. The van der Waals surface area contributed by atoms with E-state index >= 15 is 0 Å². The molecule has 0 aromatic carbocycles. The van der Waals surface area contributed by atoms with E-state index in [1.165, 1.54) is 0 Å². The molecule has 11 heavy (non-hydrogen) atoms. The van der Waals surface area contributed by atoms with Gasteiger partial charge in [-0.3, -0.25) is 0 Å². The summed E-state index contributed by atoms with van der Waals surface area (Å²) in [6, 6.07) is 0. The summed E-state index contributed by atoms with van der Waals surface area (Å²) in [6.07, 6.45) is 1.97. The fourth-order valence-corrected chi connectivity index (χ4v) is 0.650. The smallest absolute Gasteiger partial charge is 0.237 e. The molecule has 7 heteroatoms. The first-order valence-corrected chi connectivity index (χ1v) is 4.84. The van der Waals surface area contributed by atoms with Crippen molar-refractivity contribution >= 4 is 23.5 Å².